The van der Waals surface area contributed by atoms with Crippen molar-refractivity contribution >= 4 is 38.7 Å². The van der Waals surface area contributed by atoms with Crippen LogP contribution >= 0.6 is 11.3 Å². The van der Waals surface area contributed by atoms with E-state index in [9.17, 15) is 14.9 Å². The molecule has 0 fully saturated rings. The fourth-order valence-corrected chi connectivity index (χ4v) is 3.75. The zero-order valence-corrected chi connectivity index (χ0v) is 15.5. The molecule has 0 saturated carbocycles. The third-order valence-corrected chi connectivity index (χ3v) is 5.36. The predicted octanol–water partition coefficient (Wildman–Crippen LogP) is 5.17. The van der Waals surface area contributed by atoms with Crippen LogP contribution in [0.15, 0.2) is 72.8 Å². The van der Waals surface area contributed by atoms with E-state index in [1.165, 1.54) is 24.3 Å². The van der Waals surface area contributed by atoms with Gasteiger partial charge in [-0.25, -0.2) is 4.98 Å². The van der Waals surface area contributed by atoms with Gasteiger partial charge in [0.05, 0.1) is 21.7 Å². The Hall–Kier alpha value is -3.58. The maximum Gasteiger partial charge on any atom is 0.269 e. The van der Waals surface area contributed by atoms with Crippen LogP contribution in [0.5, 0.6) is 0 Å². The smallest absolute Gasteiger partial charge is 0.269 e. The molecule has 0 spiro atoms. The normalized spacial score (nSPS) is 10.7. The van der Waals surface area contributed by atoms with Crippen molar-refractivity contribution in [2.24, 2.45) is 0 Å². The Labute approximate surface area is 164 Å². The fourth-order valence-electron chi connectivity index (χ4n) is 2.78. The summed E-state index contributed by atoms with van der Waals surface area (Å²) in [5, 5.41) is 14.7. The number of nitrogens with one attached hydrogen (secondary N) is 1. The molecule has 7 heteroatoms. The molecule has 0 saturated heterocycles. The SMILES string of the molecule is O=C(CNc1ccc(-c2nc3ccccc3s2)cc1)c1ccc([N+](=O)[O-])cc1. The van der Waals surface area contributed by atoms with Crippen molar-refractivity contribution in [1.29, 1.82) is 0 Å². The number of rotatable bonds is 6. The number of thiazole rings is 1. The Morgan fingerprint density at radius 3 is 2.39 bits per heavy atom. The molecular formula is C21H15N3O3S. The summed E-state index contributed by atoms with van der Waals surface area (Å²) in [5.41, 5.74) is 3.23. The molecule has 0 aliphatic heterocycles. The first kappa shape index (κ1) is 17.8. The van der Waals surface area contributed by atoms with Gasteiger partial charge in [0.15, 0.2) is 5.78 Å². The Morgan fingerprint density at radius 2 is 1.71 bits per heavy atom. The molecule has 1 N–H and O–H groups in total. The van der Waals surface area contributed by atoms with Crippen molar-refractivity contribution in [2.45, 2.75) is 0 Å². The van der Waals surface area contributed by atoms with Crippen LogP contribution in [0.4, 0.5) is 11.4 Å². The molecular weight excluding hydrogens is 374 g/mol. The first-order valence-electron chi connectivity index (χ1n) is 8.58. The molecule has 0 aliphatic carbocycles. The lowest BCUT2D eigenvalue weighted by atomic mass is 10.1. The first-order chi connectivity index (χ1) is 13.6. The second-order valence-electron chi connectivity index (χ2n) is 6.14. The lowest BCUT2D eigenvalue weighted by Gasteiger charge is -2.06. The summed E-state index contributed by atoms with van der Waals surface area (Å²) in [7, 11) is 0. The van der Waals surface area contributed by atoms with E-state index in [1.807, 2.05) is 42.5 Å². The van der Waals surface area contributed by atoms with Crippen LogP contribution in [-0.2, 0) is 0 Å². The summed E-state index contributed by atoms with van der Waals surface area (Å²) in [4.78, 5) is 27.1. The third kappa shape index (κ3) is 3.74. The predicted molar refractivity (Wildman–Crippen MR) is 111 cm³/mol. The Balaban J connectivity index is 1.41. The average Bonchev–Trinajstić information content (AvgIpc) is 3.16. The molecule has 4 aromatic rings. The molecule has 1 aromatic heterocycles. The molecule has 28 heavy (non-hydrogen) atoms. The van der Waals surface area contributed by atoms with Gasteiger partial charge in [0.2, 0.25) is 0 Å². The van der Waals surface area contributed by atoms with Crippen molar-refractivity contribution in [3.8, 4) is 10.6 Å². The molecule has 0 atom stereocenters. The van der Waals surface area contributed by atoms with Gasteiger partial charge in [-0.05, 0) is 48.5 Å². The van der Waals surface area contributed by atoms with Gasteiger partial charge >= 0.3 is 0 Å². The summed E-state index contributed by atoms with van der Waals surface area (Å²) in [5.74, 6) is -0.134. The number of non-ortho nitro benzene ring substituents is 1. The van der Waals surface area contributed by atoms with Gasteiger partial charge in [-0.1, -0.05) is 12.1 Å². The zero-order chi connectivity index (χ0) is 19.5. The standard InChI is InChI=1S/C21H15N3O3S/c25-19(14-7-11-17(12-8-14)24(26)27)13-22-16-9-5-15(6-10-16)21-23-18-3-1-2-4-20(18)28-21/h1-12,22H,13H2. The fraction of sp³-hybridized carbons (Fsp3) is 0.0476. The van der Waals surface area contributed by atoms with Gasteiger partial charge < -0.3 is 5.32 Å². The van der Waals surface area contributed by atoms with E-state index < -0.39 is 4.92 Å². The molecule has 6 nitrogen and oxygen atoms in total. The van der Waals surface area contributed by atoms with Gasteiger partial charge in [0.1, 0.15) is 5.01 Å². The minimum Gasteiger partial charge on any atom is -0.378 e. The van der Waals surface area contributed by atoms with E-state index in [0.717, 1.165) is 26.5 Å². The number of anilines is 1. The van der Waals surface area contributed by atoms with Crippen LogP contribution in [0.25, 0.3) is 20.8 Å². The summed E-state index contributed by atoms with van der Waals surface area (Å²) >= 11 is 1.64. The minimum absolute atomic E-state index is 0.0325. The number of Topliss-reactive ketones (excluding diaryl/α,β-unsaturated/α-hetero) is 1. The maximum atomic E-state index is 12.2. The Morgan fingerprint density at radius 1 is 1.00 bits per heavy atom. The molecule has 3 aromatic carbocycles. The molecule has 4 rings (SSSR count). The topological polar surface area (TPSA) is 85.1 Å². The monoisotopic (exact) mass is 389 g/mol. The highest BCUT2D eigenvalue weighted by Gasteiger charge is 2.10. The lowest BCUT2D eigenvalue weighted by molar-refractivity contribution is -0.384. The van der Waals surface area contributed by atoms with Crippen LogP contribution in [-0.4, -0.2) is 22.2 Å². The van der Waals surface area contributed by atoms with Crippen molar-refractivity contribution in [3.63, 3.8) is 0 Å². The summed E-state index contributed by atoms with van der Waals surface area (Å²) < 4.78 is 1.15. The quantitative estimate of drug-likeness (QED) is 0.279. The van der Waals surface area contributed by atoms with Gasteiger partial charge in [-0.3, -0.25) is 14.9 Å². The number of para-hydroxylation sites is 1. The van der Waals surface area contributed by atoms with Gasteiger partial charge in [-0.15, -0.1) is 11.3 Å². The largest absolute Gasteiger partial charge is 0.378 e. The second-order valence-corrected chi connectivity index (χ2v) is 7.18. The van der Waals surface area contributed by atoms with E-state index >= 15 is 0 Å². The second kappa shape index (κ2) is 7.58. The number of hydrogen-bond donors (Lipinski definition) is 1. The van der Waals surface area contributed by atoms with E-state index in [2.05, 4.69) is 16.4 Å². The highest BCUT2D eigenvalue weighted by atomic mass is 32.1. The first-order valence-corrected chi connectivity index (χ1v) is 9.39. The van der Waals surface area contributed by atoms with E-state index in [4.69, 9.17) is 0 Å². The van der Waals surface area contributed by atoms with E-state index in [1.54, 1.807) is 11.3 Å². The van der Waals surface area contributed by atoms with Crippen LogP contribution in [0.2, 0.25) is 0 Å². The molecule has 0 bridgehead atoms. The number of nitro groups is 1. The van der Waals surface area contributed by atoms with E-state index in [0.29, 0.717) is 5.56 Å². The number of nitro benzene ring substituents is 1. The van der Waals surface area contributed by atoms with Crippen LogP contribution in [0.1, 0.15) is 10.4 Å². The highest BCUT2D eigenvalue weighted by molar-refractivity contribution is 7.21. The van der Waals surface area contributed by atoms with Crippen molar-refractivity contribution in [3.05, 3.63) is 88.5 Å². The molecule has 1 heterocycles. The maximum absolute atomic E-state index is 12.2. The average molecular weight is 389 g/mol. The van der Waals surface area contributed by atoms with Crippen LogP contribution < -0.4 is 5.32 Å². The number of ketones is 1. The number of hydrogen-bond acceptors (Lipinski definition) is 6. The Kier molecular flexibility index (Phi) is 4.82. The van der Waals surface area contributed by atoms with Crippen molar-refractivity contribution < 1.29 is 9.72 Å². The van der Waals surface area contributed by atoms with Gasteiger partial charge in [0, 0.05) is 28.9 Å². The number of carbonyl (C=O) groups is 1. The van der Waals surface area contributed by atoms with Crippen LogP contribution in [0, 0.1) is 10.1 Å². The number of carbonyl (C=O) groups excluding carboxylic acids is 1. The number of benzene rings is 3. The van der Waals surface area contributed by atoms with Gasteiger partial charge in [0.25, 0.3) is 5.69 Å². The van der Waals surface area contributed by atoms with Crippen LogP contribution in [0.3, 0.4) is 0 Å². The molecule has 0 radical (unpaired) electrons. The molecule has 0 amide bonds. The van der Waals surface area contributed by atoms with Crippen molar-refractivity contribution in [1.82, 2.24) is 4.98 Å². The minimum atomic E-state index is -0.487. The molecule has 0 aliphatic rings. The van der Waals surface area contributed by atoms with E-state index in [-0.39, 0.29) is 18.0 Å². The number of aromatic nitrogens is 1. The Bertz CT molecular complexity index is 1120. The lowest BCUT2D eigenvalue weighted by Crippen LogP contribution is -2.13. The summed E-state index contributed by atoms with van der Waals surface area (Å²) in [6, 6.07) is 21.4. The third-order valence-electron chi connectivity index (χ3n) is 4.28. The summed E-state index contributed by atoms with van der Waals surface area (Å²) in [6.45, 7) is 0.109. The number of nitrogens with zero attached hydrogens (tertiary/aromatic N) is 2. The zero-order valence-electron chi connectivity index (χ0n) is 14.7. The molecule has 138 valence electrons. The highest BCUT2D eigenvalue weighted by Crippen LogP contribution is 2.30. The van der Waals surface area contributed by atoms with Gasteiger partial charge in [-0.2, -0.15) is 0 Å². The summed E-state index contributed by atoms with van der Waals surface area (Å²) in [6.07, 6.45) is 0. The number of fused-ring (bicyclic) bond motifs is 1. The van der Waals surface area contributed by atoms with Crippen molar-refractivity contribution in [2.75, 3.05) is 11.9 Å². The molecule has 0 unspecified atom stereocenters.